The number of aryl methyl sites for hydroxylation is 1. The number of nitrogens with zero attached hydrogens (tertiary/aromatic N) is 6. The SMILES string of the molecule is CCN(c1cc(O)ccc1C)c1nccn2c(N(C(=O)O)C(C)C)nnc12. The number of anilines is 3. The minimum absolute atomic E-state index is 0.153. The Morgan fingerprint density at radius 3 is 2.67 bits per heavy atom. The van der Waals surface area contributed by atoms with Crippen LogP contribution in [0, 0.1) is 6.92 Å². The summed E-state index contributed by atoms with van der Waals surface area (Å²) in [6.45, 7) is 8.02. The minimum Gasteiger partial charge on any atom is -0.508 e. The highest BCUT2D eigenvalue weighted by molar-refractivity contribution is 5.85. The van der Waals surface area contributed by atoms with Crippen LogP contribution in [0.5, 0.6) is 5.75 Å². The third kappa shape index (κ3) is 3.23. The van der Waals surface area contributed by atoms with Crippen molar-refractivity contribution in [2.45, 2.75) is 33.7 Å². The number of benzene rings is 1. The van der Waals surface area contributed by atoms with Gasteiger partial charge in [0.1, 0.15) is 5.75 Å². The number of amides is 1. The summed E-state index contributed by atoms with van der Waals surface area (Å²) in [5, 5.41) is 27.7. The van der Waals surface area contributed by atoms with Crippen LogP contribution in [0.2, 0.25) is 0 Å². The number of aromatic hydroxyl groups is 1. The van der Waals surface area contributed by atoms with Crippen molar-refractivity contribution >= 4 is 29.2 Å². The van der Waals surface area contributed by atoms with Gasteiger partial charge in [0.2, 0.25) is 11.6 Å². The highest BCUT2D eigenvalue weighted by Crippen LogP contribution is 2.32. The molecule has 1 aromatic carbocycles. The minimum atomic E-state index is -1.10. The van der Waals surface area contributed by atoms with Gasteiger partial charge in [-0.25, -0.2) is 14.7 Å². The lowest BCUT2D eigenvalue weighted by Crippen LogP contribution is -2.37. The van der Waals surface area contributed by atoms with Gasteiger partial charge in [-0.2, -0.15) is 0 Å². The Balaban J connectivity index is 2.18. The average molecular weight is 370 g/mol. The Kier molecular flexibility index (Phi) is 4.85. The van der Waals surface area contributed by atoms with Gasteiger partial charge in [-0.05, 0) is 39.3 Å². The van der Waals surface area contributed by atoms with Crippen molar-refractivity contribution in [3.63, 3.8) is 0 Å². The molecule has 3 rings (SSSR count). The molecule has 0 atom stereocenters. The molecule has 0 unspecified atom stereocenters. The fraction of sp³-hybridized carbons (Fsp3) is 0.333. The second kappa shape index (κ2) is 7.10. The Morgan fingerprint density at radius 1 is 1.30 bits per heavy atom. The van der Waals surface area contributed by atoms with E-state index in [1.54, 1.807) is 42.8 Å². The van der Waals surface area contributed by atoms with Crippen molar-refractivity contribution in [2.24, 2.45) is 0 Å². The summed E-state index contributed by atoms with van der Waals surface area (Å²) in [5.41, 5.74) is 2.19. The van der Waals surface area contributed by atoms with E-state index in [0.717, 1.165) is 16.2 Å². The van der Waals surface area contributed by atoms with E-state index in [1.165, 1.54) is 0 Å². The first kappa shape index (κ1) is 18.4. The number of phenolic OH excluding ortho intramolecular Hbond substituents is 1. The fourth-order valence-electron chi connectivity index (χ4n) is 3.02. The molecule has 0 spiro atoms. The molecular weight excluding hydrogens is 348 g/mol. The van der Waals surface area contributed by atoms with Crippen LogP contribution in [0.3, 0.4) is 0 Å². The Hall–Kier alpha value is -3.36. The maximum atomic E-state index is 11.7. The number of rotatable bonds is 5. The summed E-state index contributed by atoms with van der Waals surface area (Å²) in [6.07, 6.45) is 2.11. The van der Waals surface area contributed by atoms with Crippen LogP contribution in [-0.4, -0.2) is 48.5 Å². The van der Waals surface area contributed by atoms with Gasteiger partial charge in [0.25, 0.3) is 0 Å². The van der Waals surface area contributed by atoms with Gasteiger partial charge in [-0.15, -0.1) is 10.2 Å². The zero-order valence-electron chi connectivity index (χ0n) is 15.7. The van der Waals surface area contributed by atoms with Gasteiger partial charge >= 0.3 is 6.09 Å². The third-order valence-electron chi connectivity index (χ3n) is 4.28. The van der Waals surface area contributed by atoms with Gasteiger partial charge in [0, 0.05) is 36.7 Å². The molecule has 9 heteroatoms. The molecule has 0 aliphatic carbocycles. The van der Waals surface area contributed by atoms with E-state index in [1.807, 2.05) is 24.8 Å². The lowest BCUT2D eigenvalue weighted by Gasteiger charge is -2.24. The summed E-state index contributed by atoms with van der Waals surface area (Å²) in [7, 11) is 0. The second-order valence-corrected chi connectivity index (χ2v) is 6.41. The molecule has 142 valence electrons. The number of carbonyl (C=O) groups is 1. The van der Waals surface area contributed by atoms with Crippen LogP contribution in [0.15, 0.2) is 30.6 Å². The number of hydrogen-bond acceptors (Lipinski definition) is 6. The van der Waals surface area contributed by atoms with Crippen LogP contribution in [0.4, 0.5) is 22.2 Å². The molecule has 3 aromatic rings. The van der Waals surface area contributed by atoms with Gasteiger partial charge in [-0.3, -0.25) is 4.40 Å². The maximum Gasteiger partial charge on any atom is 0.414 e. The Morgan fingerprint density at radius 2 is 2.04 bits per heavy atom. The highest BCUT2D eigenvalue weighted by Gasteiger charge is 2.25. The molecule has 27 heavy (non-hydrogen) atoms. The predicted octanol–water partition coefficient (Wildman–Crippen LogP) is 3.19. The van der Waals surface area contributed by atoms with Gasteiger partial charge in [0.15, 0.2) is 5.82 Å². The summed E-state index contributed by atoms with van der Waals surface area (Å²) in [6, 6.07) is 4.82. The molecule has 0 saturated carbocycles. The van der Waals surface area contributed by atoms with E-state index in [4.69, 9.17) is 0 Å². The van der Waals surface area contributed by atoms with E-state index in [9.17, 15) is 15.0 Å². The topological polar surface area (TPSA) is 107 Å². The third-order valence-corrected chi connectivity index (χ3v) is 4.28. The van der Waals surface area contributed by atoms with Crippen molar-refractivity contribution in [2.75, 3.05) is 16.3 Å². The van der Waals surface area contributed by atoms with Crippen molar-refractivity contribution in [3.05, 3.63) is 36.2 Å². The zero-order chi connectivity index (χ0) is 19.7. The number of carboxylic acid groups (broad SMARTS) is 1. The standard InChI is InChI=1S/C18H22N6O3/c1-5-22(14-10-13(25)7-6-12(14)4)15-16-20-21-17(23(16)9-8-19-15)24(11(2)3)18(26)27/h6-11,25H,5H2,1-4H3,(H,26,27). The van der Waals surface area contributed by atoms with E-state index in [-0.39, 0.29) is 17.7 Å². The number of phenols is 1. The second-order valence-electron chi connectivity index (χ2n) is 6.41. The van der Waals surface area contributed by atoms with Gasteiger partial charge in [-0.1, -0.05) is 6.07 Å². The van der Waals surface area contributed by atoms with Crippen molar-refractivity contribution in [1.29, 1.82) is 0 Å². The predicted molar refractivity (Wildman–Crippen MR) is 102 cm³/mol. The molecular formula is C18H22N6O3. The zero-order valence-corrected chi connectivity index (χ0v) is 15.7. The van der Waals surface area contributed by atoms with E-state index >= 15 is 0 Å². The maximum absolute atomic E-state index is 11.7. The fourth-order valence-corrected chi connectivity index (χ4v) is 3.02. The molecule has 0 aliphatic rings. The van der Waals surface area contributed by atoms with E-state index < -0.39 is 6.09 Å². The quantitative estimate of drug-likeness (QED) is 0.710. The molecule has 0 fully saturated rings. The molecule has 0 radical (unpaired) electrons. The highest BCUT2D eigenvalue weighted by atomic mass is 16.4. The largest absolute Gasteiger partial charge is 0.508 e. The van der Waals surface area contributed by atoms with Gasteiger partial charge in [0.05, 0.1) is 0 Å². The van der Waals surface area contributed by atoms with Crippen molar-refractivity contribution in [1.82, 2.24) is 19.6 Å². The summed E-state index contributed by atoms with van der Waals surface area (Å²) >= 11 is 0. The number of hydrogen-bond donors (Lipinski definition) is 2. The first-order valence-electron chi connectivity index (χ1n) is 8.64. The molecule has 0 bridgehead atoms. The average Bonchev–Trinajstić information content (AvgIpc) is 3.02. The van der Waals surface area contributed by atoms with Crippen molar-refractivity contribution < 1.29 is 15.0 Å². The van der Waals surface area contributed by atoms with Crippen LogP contribution < -0.4 is 9.80 Å². The smallest absolute Gasteiger partial charge is 0.414 e. The van der Waals surface area contributed by atoms with Crippen LogP contribution in [-0.2, 0) is 0 Å². The summed E-state index contributed by atoms with van der Waals surface area (Å²) in [5.74, 6) is 0.890. The lowest BCUT2D eigenvalue weighted by molar-refractivity contribution is 0.199. The van der Waals surface area contributed by atoms with E-state index in [2.05, 4.69) is 15.2 Å². The van der Waals surface area contributed by atoms with E-state index in [0.29, 0.717) is 18.0 Å². The first-order chi connectivity index (χ1) is 12.8. The molecule has 2 N–H and O–H groups in total. The molecule has 9 nitrogen and oxygen atoms in total. The molecule has 0 saturated heterocycles. The normalized spacial score (nSPS) is 11.1. The van der Waals surface area contributed by atoms with Crippen molar-refractivity contribution in [3.8, 4) is 5.75 Å². The lowest BCUT2D eigenvalue weighted by atomic mass is 10.1. The summed E-state index contributed by atoms with van der Waals surface area (Å²) in [4.78, 5) is 19.2. The monoisotopic (exact) mass is 370 g/mol. The molecule has 2 heterocycles. The van der Waals surface area contributed by atoms with Crippen LogP contribution in [0.1, 0.15) is 26.3 Å². The molecule has 1 amide bonds. The van der Waals surface area contributed by atoms with Crippen LogP contribution >= 0.6 is 0 Å². The van der Waals surface area contributed by atoms with Gasteiger partial charge < -0.3 is 15.1 Å². The molecule has 2 aromatic heterocycles. The van der Waals surface area contributed by atoms with Crippen LogP contribution in [0.25, 0.3) is 5.65 Å². The number of fused-ring (bicyclic) bond motifs is 1. The Labute approximate surface area is 156 Å². The molecule has 0 aliphatic heterocycles. The summed E-state index contributed by atoms with van der Waals surface area (Å²) < 4.78 is 1.61. The Bertz CT molecular complexity index is 984. The number of aromatic nitrogens is 4. The first-order valence-corrected chi connectivity index (χ1v) is 8.64.